The minimum Gasteiger partial charge on any atom is -0.265 e. The van der Waals surface area contributed by atoms with Crippen LogP contribution in [0.1, 0.15) is 21.7 Å². The number of hydrazone groups is 1. The van der Waals surface area contributed by atoms with Gasteiger partial charge in [-0.25, -0.2) is 10.1 Å². The van der Waals surface area contributed by atoms with E-state index >= 15 is 0 Å². The Bertz CT molecular complexity index is 535. The number of carbonyl (C=O) groups is 1. The van der Waals surface area contributed by atoms with Gasteiger partial charge in [0.05, 0.1) is 6.21 Å². The number of nitrogens with zero attached hydrogens (tertiary/aromatic N) is 4. The normalized spacial score (nSPS) is 10.6. The summed E-state index contributed by atoms with van der Waals surface area (Å²) in [6.45, 7) is 1.62. The van der Waals surface area contributed by atoms with Crippen molar-refractivity contribution in [2.45, 2.75) is 6.92 Å². The van der Waals surface area contributed by atoms with Crippen LogP contribution in [0, 0.1) is 6.92 Å². The SMILES string of the molecule is Cc1nonc1C(=O)N/N=C\c1cccnc1. The van der Waals surface area contributed by atoms with Gasteiger partial charge >= 0.3 is 0 Å². The van der Waals surface area contributed by atoms with Crippen LogP contribution in [0.25, 0.3) is 0 Å². The van der Waals surface area contributed by atoms with E-state index in [1.165, 1.54) is 6.21 Å². The highest BCUT2D eigenvalue weighted by Gasteiger charge is 2.13. The number of hydrogen-bond acceptors (Lipinski definition) is 6. The molecule has 0 aliphatic heterocycles. The molecule has 7 nitrogen and oxygen atoms in total. The van der Waals surface area contributed by atoms with Gasteiger partial charge in [0.15, 0.2) is 5.69 Å². The first kappa shape index (κ1) is 10.9. The molecule has 0 saturated carbocycles. The molecule has 0 bridgehead atoms. The smallest absolute Gasteiger partial charge is 0.265 e. The third kappa shape index (κ3) is 2.71. The average molecular weight is 231 g/mol. The molecular formula is C10H9N5O2. The number of hydrogen-bond donors (Lipinski definition) is 1. The van der Waals surface area contributed by atoms with Crippen molar-refractivity contribution in [2.75, 3.05) is 0 Å². The maximum absolute atomic E-state index is 11.5. The van der Waals surface area contributed by atoms with E-state index in [1.54, 1.807) is 25.4 Å². The van der Waals surface area contributed by atoms with E-state index in [0.29, 0.717) is 5.69 Å². The summed E-state index contributed by atoms with van der Waals surface area (Å²) < 4.78 is 4.41. The third-order valence-corrected chi connectivity index (χ3v) is 1.93. The molecule has 0 spiro atoms. The molecule has 86 valence electrons. The summed E-state index contributed by atoms with van der Waals surface area (Å²) in [5, 5.41) is 10.7. The highest BCUT2D eigenvalue weighted by atomic mass is 16.6. The van der Waals surface area contributed by atoms with Gasteiger partial charge in [-0.05, 0) is 18.1 Å². The maximum atomic E-state index is 11.5. The van der Waals surface area contributed by atoms with Crippen LogP contribution in [-0.2, 0) is 0 Å². The van der Waals surface area contributed by atoms with Crippen LogP contribution < -0.4 is 5.43 Å². The van der Waals surface area contributed by atoms with E-state index < -0.39 is 5.91 Å². The van der Waals surface area contributed by atoms with Crippen molar-refractivity contribution < 1.29 is 9.42 Å². The quantitative estimate of drug-likeness (QED) is 0.614. The molecule has 0 saturated heterocycles. The topological polar surface area (TPSA) is 93.3 Å². The van der Waals surface area contributed by atoms with Crippen molar-refractivity contribution in [1.82, 2.24) is 20.7 Å². The van der Waals surface area contributed by atoms with Crippen molar-refractivity contribution in [2.24, 2.45) is 5.10 Å². The second kappa shape index (κ2) is 4.97. The van der Waals surface area contributed by atoms with Gasteiger partial charge in [0.1, 0.15) is 5.69 Å². The van der Waals surface area contributed by atoms with Gasteiger partial charge in [-0.1, -0.05) is 11.2 Å². The van der Waals surface area contributed by atoms with Gasteiger partial charge in [-0.3, -0.25) is 9.78 Å². The van der Waals surface area contributed by atoms with Gasteiger partial charge in [0, 0.05) is 18.0 Å². The summed E-state index contributed by atoms with van der Waals surface area (Å²) >= 11 is 0. The molecule has 17 heavy (non-hydrogen) atoms. The number of rotatable bonds is 3. The number of nitrogens with one attached hydrogen (secondary N) is 1. The van der Waals surface area contributed by atoms with E-state index in [9.17, 15) is 4.79 Å². The molecule has 0 aliphatic rings. The van der Waals surface area contributed by atoms with E-state index in [1.807, 2.05) is 6.07 Å². The second-order valence-corrected chi connectivity index (χ2v) is 3.18. The molecule has 0 aliphatic carbocycles. The van der Waals surface area contributed by atoms with Crippen LogP contribution in [0.3, 0.4) is 0 Å². The predicted molar refractivity (Wildman–Crippen MR) is 58.3 cm³/mol. The highest BCUT2D eigenvalue weighted by Crippen LogP contribution is 1.99. The summed E-state index contributed by atoms with van der Waals surface area (Å²) in [6, 6.07) is 3.58. The summed E-state index contributed by atoms with van der Waals surface area (Å²) in [7, 11) is 0. The van der Waals surface area contributed by atoms with E-state index in [-0.39, 0.29) is 5.69 Å². The largest absolute Gasteiger partial charge is 0.295 e. The minimum absolute atomic E-state index is 0.119. The zero-order valence-corrected chi connectivity index (χ0v) is 8.99. The molecule has 2 rings (SSSR count). The lowest BCUT2D eigenvalue weighted by atomic mass is 10.3. The Morgan fingerprint density at radius 1 is 1.53 bits per heavy atom. The van der Waals surface area contributed by atoms with E-state index in [0.717, 1.165) is 5.56 Å². The number of aromatic nitrogens is 3. The third-order valence-electron chi connectivity index (χ3n) is 1.93. The zero-order valence-electron chi connectivity index (χ0n) is 8.99. The molecule has 1 amide bonds. The van der Waals surface area contributed by atoms with Crippen LogP contribution in [0.5, 0.6) is 0 Å². The lowest BCUT2D eigenvalue weighted by Gasteiger charge is -1.94. The Morgan fingerprint density at radius 2 is 2.41 bits per heavy atom. The summed E-state index contributed by atoms with van der Waals surface area (Å²) in [4.78, 5) is 15.4. The molecule has 0 aromatic carbocycles. The van der Waals surface area contributed by atoms with Crippen molar-refractivity contribution in [3.05, 3.63) is 41.5 Å². The van der Waals surface area contributed by atoms with Gasteiger partial charge < -0.3 is 0 Å². The summed E-state index contributed by atoms with van der Waals surface area (Å²) in [6.07, 6.45) is 4.76. The summed E-state index contributed by atoms with van der Waals surface area (Å²) in [5.74, 6) is -0.469. The first-order chi connectivity index (χ1) is 8.27. The van der Waals surface area contributed by atoms with Gasteiger partial charge in [0.25, 0.3) is 5.91 Å². The van der Waals surface area contributed by atoms with Crippen LogP contribution in [0.2, 0.25) is 0 Å². The molecule has 0 radical (unpaired) electrons. The summed E-state index contributed by atoms with van der Waals surface area (Å²) in [5.41, 5.74) is 3.63. The van der Waals surface area contributed by atoms with Gasteiger partial charge in [-0.15, -0.1) is 0 Å². The van der Waals surface area contributed by atoms with Crippen LogP contribution in [0.15, 0.2) is 34.3 Å². The number of pyridine rings is 1. The number of amides is 1. The molecule has 0 atom stereocenters. The number of carbonyl (C=O) groups excluding carboxylic acids is 1. The molecule has 0 fully saturated rings. The fraction of sp³-hybridized carbons (Fsp3) is 0.100. The minimum atomic E-state index is -0.469. The van der Waals surface area contributed by atoms with Crippen LogP contribution >= 0.6 is 0 Å². The second-order valence-electron chi connectivity index (χ2n) is 3.18. The monoisotopic (exact) mass is 231 g/mol. The highest BCUT2D eigenvalue weighted by molar-refractivity contribution is 5.93. The Hall–Kier alpha value is -2.57. The van der Waals surface area contributed by atoms with E-state index in [4.69, 9.17) is 0 Å². The van der Waals surface area contributed by atoms with Gasteiger partial charge in [0.2, 0.25) is 0 Å². The molecule has 7 heteroatoms. The lowest BCUT2D eigenvalue weighted by molar-refractivity contribution is 0.0945. The Labute approximate surface area is 96.5 Å². The van der Waals surface area contributed by atoms with Crippen molar-refractivity contribution in [3.8, 4) is 0 Å². The standard InChI is InChI=1S/C10H9N5O2/c1-7-9(15-17-14-7)10(16)13-12-6-8-3-2-4-11-5-8/h2-6H,1H3,(H,13,16)/b12-6-. The lowest BCUT2D eigenvalue weighted by Crippen LogP contribution is -2.19. The van der Waals surface area contributed by atoms with E-state index in [2.05, 4.69) is 30.5 Å². The van der Waals surface area contributed by atoms with Crippen LogP contribution in [0.4, 0.5) is 0 Å². The molecule has 2 heterocycles. The molecular weight excluding hydrogens is 222 g/mol. The first-order valence-electron chi connectivity index (χ1n) is 4.80. The Balaban J connectivity index is 1.98. The maximum Gasteiger partial charge on any atom is 0.295 e. The zero-order chi connectivity index (χ0) is 12.1. The Morgan fingerprint density at radius 3 is 3.06 bits per heavy atom. The van der Waals surface area contributed by atoms with Gasteiger partial charge in [-0.2, -0.15) is 5.10 Å². The fourth-order valence-corrected chi connectivity index (χ4v) is 1.11. The van der Waals surface area contributed by atoms with Crippen molar-refractivity contribution >= 4 is 12.1 Å². The van der Waals surface area contributed by atoms with Crippen molar-refractivity contribution in [3.63, 3.8) is 0 Å². The molecule has 2 aromatic heterocycles. The first-order valence-corrected chi connectivity index (χ1v) is 4.80. The predicted octanol–water partition coefficient (Wildman–Crippen LogP) is 0.537. The van der Waals surface area contributed by atoms with Crippen LogP contribution in [-0.4, -0.2) is 27.4 Å². The molecule has 1 N–H and O–H groups in total. The molecule has 2 aromatic rings. The van der Waals surface area contributed by atoms with Crippen molar-refractivity contribution in [1.29, 1.82) is 0 Å². The molecule has 0 unspecified atom stereocenters. The fourth-order valence-electron chi connectivity index (χ4n) is 1.11. The Kier molecular flexibility index (Phi) is 3.20. The average Bonchev–Trinajstić information content (AvgIpc) is 2.77. The number of aryl methyl sites for hydroxylation is 1.